The van der Waals surface area contributed by atoms with Crippen LogP contribution in [0.4, 0.5) is 8.78 Å². The number of thiophene rings is 1. The van der Waals surface area contributed by atoms with Crippen molar-refractivity contribution in [2.24, 2.45) is 0 Å². The van der Waals surface area contributed by atoms with E-state index in [9.17, 15) is 8.78 Å². The van der Waals surface area contributed by atoms with Crippen LogP contribution in [0, 0.1) is 0 Å². The van der Waals surface area contributed by atoms with Crippen LogP contribution in [0.25, 0.3) is 10.1 Å². The molecule has 14 heavy (non-hydrogen) atoms. The number of thiol groups is 1. The van der Waals surface area contributed by atoms with E-state index >= 15 is 0 Å². The Kier molecular flexibility index (Phi) is 2.81. The summed E-state index contributed by atoms with van der Waals surface area (Å²) in [6.45, 7) is 0. The average Bonchev–Trinajstić information content (AvgIpc) is 2.56. The van der Waals surface area contributed by atoms with Gasteiger partial charge in [-0.25, -0.2) is 8.78 Å². The zero-order chi connectivity index (χ0) is 10.3. The number of halogens is 3. The van der Waals surface area contributed by atoms with Gasteiger partial charge in [-0.3, -0.25) is 0 Å². The highest BCUT2D eigenvalue weighted by Gasteiger charge is 2.13. The average molecular weight is 295 g/mol. The van der Waals surface area contributed by atoms with Crippen LogP contribution in [0.5, 0.6) is 0 Å². The third-order valence-electron chi connectivity index (χ3n) is 1.84. The Bertz CT molecular complexity index is 479. The molecule has 0 unspecified atom stereocenters. The van der Waals surface area contributed by atoms with E-state index in [2.05, 4.69) is 28.6 Å². The zero-order valence-corrected chi connectivity index (χ0v) is 10.1. The van der Waals surface area contributed by atoms with Gasteiger partial charge in [-0.1, -0.05) is 6.07 Å². The van der Waals surface area contributed by atoms with Gasteiger partial charge in [-0.2, -0.15) is 0 Å². The molecule has 0 amide bonds. The molecule has 1 heterocycles. The summed E-state index contributed by atoms with van der Waals surface area (Å²) in [5, 5.41) is 0.829. The van der Waals surface area contributed by atoms with Crippen molar-refractivity contribution in [2.45, 2.75) is 11.3 Å². The second-order valence-electron chi connectivity index (χ2n) is 2.77. The van der Waals surface area contributed by atoms with Crippen molar-refractivity contribution in [3.8, 4) is 0 Å². The Labute approximate surface area is 97.5 Å². The number of hydrogen-bond donors (Lipinski definition) is 1. The SMILES string of the molecule is FC(F)c1cc2ccc(S)c(Br)c2s1. The van der Waals surface area contributed by atoms with E-state index in [-0.39, 0.29) is 4.88 Å². The summed E-state index contributed by atoms with van der Waals surface area (Å²) in [5.74, 6) is 0. The number of rotatable bonds is 1. The molecule has 0 aliphatic carbocycles. The van der Waals surface area contributed by atoms with Gasteiger partial charge in [0.05, 0.1) is 9.58 Å². The fraction of sp³-hybridized carbons (Fsp3) is 0.111. The highest BCUT2D eigenvalue weighted by atomic mass is 79.9. The van der Waals surface area contributed by atoms with Crippen molar-refractivity contribution < 1.29 is 8.78 Å². The lowest BCUT2D eigenvalue weighted by atomic mass is 10.2. The van der Waals surface area contributed by atoms with Crippen LogP contribution in [-0.4, -0.2) is 0 Å². The van der Waals surface area contributed by atoms with Gasteiger partial charge >= 0.3 is 0 Å². The fourth-order valence-corrected chi connectivity index (χ4v) is 3.01. The van der Waals surface area contributed by atoms with Gasteiger partial charge in [0.2, 0.25) is 0 Å². The molecular weight excluding hydrogens is 290 g/mol. The van der Waals surface area contributed by atoms with E-state index in [1.807, 2.05) is 0 Å². The molecule has 0 fully saturated rings. The van der Waals surface area contributed by atoms with Crippen molar-refractivity contribution >= 4 is 50.0 Å². The summed E-state index contributed by atoms with van der Waals surface area (Å²) in [6.07, 6.45) is -2.40. The molecule has 2 aromatic rings. The van der Waals surface area contributed by atoms with Gasteiger partial charge < -0.3 is 0 Å². The molecule has 2 rings (SSSR count). The van der Waals surface area contributed by atoms with Gasteiger partial charge in [0, 0.05) is 9.37 Å². The number of benzene rings is 1. The first-order valence-electron chi connectivity index (χ1n) is 3.78. The first kappa shape index (κ1) is 10.4. The molecule has 0 atom stereocenters. The summed E-state index contributed by atoms with van der Waals surface area (Å²) in [7, 11) is 0. The van der Waals surface area contributed by atoms with E-state index in [0.717, 1.165) is 30.8 Å². The maximum absolute atomic E-state index is 12.4. The largest absolute Gasteiger partial charge is 0.272 e. The summed E-state index contributed by atoms with van der Waals surface area (Å²) in [6, 6.07) is 5.10. The monoisotopic (exact) mass is 294 g/mol. The molecule has 0 nitrogen and oxygen atoms in total. The van der Waals surface area contributed by atoms with E-state index in [1.165, 1.54) is 6.07 Å². The molecule has 0 aliphatic rings. The van der Waals surface area contributed by atoms with Crippen LogP contribution in [0.15, 0.2) is 27.6 Å². The molecule has 0 radical (unpaired) electrons. The van der Waals surface area contributed by atoms with E-state index in [0.29, 0.717) is 0 Å². The van der Waals surface area contributed by atoms with Gasteiger partial charge in [-0.05, 0) is 33.4 Å². The lowest BCUT2D eigenvalue weighted by Gasteiger charge is -1.96. The Morgan fingerprint density at radius 2 is 2.07 bits per heavy atom. The Morgan fingerprint density at radius 3 is 2.71 bits per heavy atom. The van der Waals surface area contributed by atoms with Crippen molar-refractivity contribution in [2.75, 3.05) is 0 Å². The predicted molar refractivity (Wildman–Crippen MR) is 61.7 cm³/mol. The summed E-state index contributed by atoms with van der Waals surface area (Å²) >= 11 is 8.64. The minimum absolute atomic E-state index is 0.0969. The third-order valence-corrected chi connectivity index (χ3v) is 4.78. The molecule has 1 aromatic heterocycles. The molecule has 74 valence electrons. The van der Waals surface area contributed by atoms with Crippen LogP contribution in [0.2, 0.25) is 0 Å². The second-order valence-corrected chi connectivity index (χ2v) is 5.13. The highest BCUT2D eigenvalue weighted by molar-refractivity contribution is 9.10. The lowest BCUT2D eigenvalue weighted by molar-refractivity contribution is 0.156. The maximum atomic E-state index is 12.4. The number of alkyl halides is 2. The van der Waals surface area contributed by atoms with E-state index < -0.39 is 6.43 Å². The summed E-state index contributed by atoms with van der Waals surface area (Å²) in [5.41, 5.74) is 0. The van der Waals surface area contributed by atoms with Gasteiger partial charge in [-0.15, -0.1) is 24.0 Å². The molecule has 0 saturated heterocycles. The number of fused-ring (bicyclic) bond motifs is 1. The Balaban J connectivity index is 2.71. The molecule has 1 aromatic carbocycles. The van der Waals surface area contributed by atoms with Crippen molar-refractivity contribution in [3.63, 3.8) is 0 Å². The van der Waals surface area contributed by atoms with Crippen LogP contribution < -0.4 is 0 Å². The second kappa shape index (κ2) is 3.79. The van der Waals surface area contributed by atoms with Crippen molar-refractivity contribution in [1.29, 1.82) is 0 Å². The predicted octanol–water partition coefficient (Wildman–Crippen LogP) is 4.89. The molecule has 5 heteroatoms. The van der Waals surface area contributed by atoms with Gasteiger partial charge in [0.1, 0.15) is 0 Å². The molecule has 0 bridgehead atoms. The van der Waals surface area contributed by atoms with Crippen LogP contribution >= 0.6 is 39.9 Å². The normalized spacial score (nSPS) is 11.5. The highest BCUT2D eigenvalue weighted by Crippen LogP contribution is 2.38. The standard InChI is InChI=1S/C9H5BrF2S2/c10-7-5(13)2-1-4-3-6(9(11)12)14-8(4)7/h1-3,9,13H. The molecule has 0 spiro atoms. The first-order chi connectivity index (χ1) is 6.59. The molecule has 0 saturated carbocycles. The Hall–Kier alpha value is -0.130. The topological polar surface area (TPSA) is 0 Å². The van der Waals surface area contributed by atoms with Crippen LogP contribution in [0.1, 0.15) is 11.3 Å². The minimum Gasteiger partial charge on any atom is -0.204 e. The molecule has 0 aliphatic heterocycles. The van der Waals surface area contributed by atoms with Gasteiger partial charge in [0.25, 0.3) is 6.43 Å². The molecule has 0 N–H and O–H groups in total. The fourth-order valence-electron chi connectivity index (χ4n) is 1.19. The smallest absolute Gasteiger partial charge is 0.204 e. The van der Waals surface area contributed by atoms with Crippen molar-refractivity contribution in [1.82, 2.24) is 0 Å². The summed E-state index contributed by atoms with van der Waals surface area (Å²) in [4.78, 5) is 0.861. The van der Waals surface area contributed by atoms with Crippen molar-refractivity contribution in [3.05, 3.63) is 27.5 Å². The minimum atomic E-state index is -2.40. The van der Waals surface area contributed by atoms with Crippen LogP contribution in [0.3, 0.4) is 0 Å². The zero-order valence-electron chi connectivity index (χ0n) is 6.80. The summed E-state index contributed by atoms with van der Waals surface area (Å²) < 4.78 is 26.4. The maximum Gasteiger partial charge on any atom is 0.272 e. The van der Waals surface area contributed by atoms with Crippen LogP contribution in [-0.2, 0) is 0 Å². The third kappa shape index (κ3) is 1.68. The number of hydrogen-bond acceptors (Lipinski definition) is 2. The van der Waals surface area contributed by atoms with E-state index in [1.54, 1.807) is 12.1 Å². The lowest BCUT2D eigenvalue weighted by Crippen LogP contribution is -1.72. The Morgan fingerprint density at radius 1 is 1.36 bits per heavy atom. The van der Waals surface area contributed by atoms with Gasteiger partial charge in [0.15, 0.2) is 0 Å². The van der Waals surface area contributed by atoms with E-state index in [4.69, 9.17) is 0 Å². The first-order valence-corrected chi connectivity index (χ1v) is 5.84. The molecular formula is C9H5BrF2S2. The quantitative estimate of drug-likeness (QED) is 0.711.